The minimum Gasteiger partial charge on any atom is -0.497 e. The van der Waals surface area contributed by atoms with Crippen molar-refractivity contribution >= 4 is 11.5 Å². The summed E-state index contributed by atoms with van der Waals surface area (Å²) in [5, 5.41) is 19.9. The van der Waals surface area contributed by atoms with Crippen LogP contribution in [0.4, 0.5) is 0 Å². The molecule has 9 nitrogen and oxygen atoms in total. The molecular weight excluding hydrogens is 512 g/mol. The van der Waals surface area contributed by atoms with Crippen LogP contribution in [-0.4, -0.2) is 52.7 Å². The Morgan fingerprint density at radius 3 is 2.30 bits per heavy atom. The van der Waals surface area contributed by atoms with Gasteiger partial charge in [0.2, 0.25) is 5.89 Å². The average Bonchev–Trinajstić information content (AvgIpc) is 3.36. The van der Waals surface area contributed by atoms with Crippen LogP contribution in [-0.2, 0) is 11.3 Å². The van der Waals surface area contributed by atoms with E-state index in [2.05, 4.69) is 4.98 Å². The Kier molecular flexibility index (Phi) is 9.56. The number of aromatic nitrogens is 1. The number of carboxylic acid groups (broad SMARTS) is 1. The molecule has 2 N–H and O–H groups in total. The smallest absolute Gasteiger partial charge is 0.317 e. The van der Waals surface area contributed by atoms with Crippen molar-refractivity contribution in [2.24, 2.45) is 0 Å². The maximum atomic E-state index is 11.4. The van der Waals surface area contributed by atoms with Crippen LogP contribution in [0.5, 0.6) is 17.2 Å². The molecular formula is C31H32N2O7. The van der Waals surface area contributed by atoms with Gasteiger partial charge in [0.1, 0.15) is 41.9 Å². The Balaban J connectivity index is 1.34. The van der Waals surface area contributed by atoms with Crippen molar-refractivity contribution in [1.29, 1.82) is 0 Å². The Labute approximate surface area is 232 Å². The summed E-state index contributed by atoms with van der Waals surface area (Å²) in [7, 11) is 1.55. The van der Waals surface area contributed by atoms with Gasteiger partial charge in [-0.1, -0.05) is 30.3 Å². The number of nitrogens with zero attached hydrogens (tertiary/aromatic N) is 2. The number of carbonyl (C=O) groups is 1. The van der Waals surface area contributed by atoms with Gasteiger partial charge in [-0.2, -0.15) is 0 Å². The first kappa shape index (κ1) is 28.4. The molecule has 1 atom stereocenters. The topological polar surface area (TPSA) is 114 Å². The van der Waals surface area contributed by atoms with Crippen LogP contribution in [0, 0.1) is 6.92 Å². The van der Waals surface area contributed by atoms with Crippen LogP contribution in [0.15, 0.2) is 89.4 Å². The first-order valence-corrected chi connectivity index (χ1v) is 12.7. The second-order valence-corrected chi connectivity index (χ2v) is 9.05. The zero-order valence-electron chi connectivity index (χ0n) is 22.6. The first-order valence-electron chi connectivity index (χ1n) is 12.7. The van der Waals surface area contributed by atoms with Crippen molar-refractivity contribution in [2.75, 3.05) is 20.3 Å². The van der Waals surface area contributed by atoms with Gasteiger partial charge in [-0.05, 0) is 79.6 Å². The lowest BCUT2D eigenvalue weighted by molar-refractivity contribution is -0.161. The molecule has 0 saturated carbocycles. The van der Waals surface area contributed by atoms with Gasteiger partial charge in [0.15, 0.2) is 0 Å². The Hall–Kier alpha value is -4.60. The van der Waals surface area contributed by atoms with Gasteiger partial charge in [-0.3, -0.25) is 4.79 Å². The summed E-state index contributed by atoms with van der Waals surface area (Å²) in [5.74, 6) is 1.90. The number of allylic oxidation sites excluding steroid dienone is 1. The van der Waals surface area contributed by atoms with Gasteiger partial charge in [0, 0.05) is 12.1 Å². The Morgan fingerprint density at radius 2 is 1.65 bits per heavy atom. The van der Waals surface area contributed by atoms with Crippen molar-refractivity contribution < 1.29 is 33.6 Å². The zero-order chi connectivity index (χ0) is 28.5. The molecule has 0 fully saturated rings. The molecule has 1 unspecified atom stereocenters. The van der Waals surface area contributed by atoms with Crippen molar-refractivity contribution in [2.45, 2.75) is 26.8 Å². The number of hydrogen-bond donors (Lipinski definition) is 2. The van der Waals surface area contributed by atoms with Crippen molar-refractivity contribution in [3.63, 3.8) is 0 Å². The lowest BCUT2D eigenvalue weighted by Crippen LogP contribution is -2.42. The second kappa shape index (κ2) is 13.5. The van der Waals surface area contributed by atoms with Crippen LogP contribution in [0.1, 0.15) is 23.9 Å². The number of rotatable bonds is 13. The molecule has 40 heavy (non-hydrogen) atoms. The van der Waals surface area contributed by atoms with Crippen LogP contribution < -0.4 is 14.2 Å². The average molecular weight is 545 g/mol. The highest BCUT2D eigenvalue weighted by atomic mass is 16.6. The van der Waals surface area contributed by atoms with E-state index in [1.54, 1.807) is 43.5 Å². The van der Waals surface area contributed by atoms with E-state index in [0.717, 1.165) is 28.2 Å². The second-order valence-electron chi connectivity index (χ2n) is 9.05. The highest BCUT2D eigenvalue weighted by Gasteiger charge is 2.21. The summed E-state index contributed by atoms with van der Waals surface area (Å²) in [4.78, 5) is 17.3. The van der Waals surface area contributed by atoms with Crippen molar-refractivity contribution in [1.82, 2.24) is 9.88 Å². The Morgan fingerprint density at radius 1 is 1.00 bits per heavy atom. The lowest BCUT2D eigenvalue weighted by Gasteiger charge is -2.26. The van der Waals surface area contributed by atoms with Crippen LogP contribution >= 0.6 is 0 Å². The molecule has 0 spiro atoms. The monoisotopic (exact) mass is 544 g/mol. The third-order valence-corrected chi connectivity index (χ3v) is 6.09. The molecule has 1 heterocycles. The number of benzene rings is 3. The molecule has 0 radical (unpaired) electrons. The summed E-state index contributed by atoms with van der Waals surface area (Å²) in [6.07, 6.45) is 0.477. The van der Waals surface area contributed by atoms with Gasteiger partial charge in [-0.25, -0.2) is 9.88 Å². The summed E-state index contributed by atoms with van der Waals surface area (Å²) >= 11 is 0. The van der Waals surface area contributed by atoms with Gasteiger partial charge in [-0.15, -0.1) is 0 Å². The zero-order valence-corrected chi connectivity index (χ0v) is 22.6. The summed E-state index contributed by atoms with van der Waals surface area (Å²) in [5.41, 5.74) is 3.43. The SMILES string of the molecule is COc1ccc(OC(O)N(CC(=O)O)Cc2ccc(OC/C=C(\C)c3nc(-c4ccccc4)oc3C)cc2)cc1. The number of hydrogen-bond acceptors (Lipinski definition) is 8. The van der Waals surface area contributed by atoms with Crippen molar-refractivity contribution in [3.8, 4) is 28.7 Å². The van der Waals surface area contributed by atoms with Gasteiger partial charge >= 0.3 is 5.97 Å². The van der Waals surface area contributed by atoms with E-state index in [0.29, 0.717) is 29.7 Å². The largest absolute Gasteiger partial charge is 0.497 e. The van der Waals surface area contributed by atoms with E-state index in [9.17, 15) is 15.0 Å². The minimum atomic E-state index is -1.46. The number of ether oxygens (including phenoxy) is 3. The third-order valence-electron chi connectivity index (χ3n) is 6.09. The molecule has 0 aliphatic carbocycles. The first-order chi connectivity index (χ1) is 19.3. The molecule has 0 amide bonds. The number of methoxy groups -OCH3 is 1. The molecule has 9 heteroatoms. The molecule has 0 bridgehead atoms. The summed E-state index contributed by atoms with van der Waals surface area (Å²) in [6.45, 7) is 3.92. The number of aliphatic carboxylic acids is 1. The quantitative estimate of drug-likeness (QED) is 0.214. The molecule has 0 aliphatic rings. The summed E-state index contributed by atoms with van der Waals surface area (Å²) < 4.78 is 22.4. The molecule has 3 aromatic carbocycles. The third kappa shape index (κ3) is 7.72. The highest BCUT2D eigenvalue weighted by Crippen LogP contribution is 2.26. The molecule has 4 aromatic rings. The normalized spacial score (nSPS) is 12.3. The highest BCUT2D eigenvalue weighted by molar-refractivity contribution is 5.69. The van der Waals surface area contributed by atoms with Crippen LogP contribution in [0.2, 0.25) is 0 Å². The van der Waals surface area contributed by atoms with Gasteiger partial charge < -0.3 is 28.8 Å². The van der Waals surface area contributed by atoms with E-state index in [-0.39, 0.29) is 6.54 Å². The van der Waals surface area contributed by atoms with Crippen LogP contribution in [0.3, 0.4) is 0 Å². The molecule has 0 saturated heterocycles. The number of carboxylic acids is 1. The van der Waals surface area contributed by atoms with Gasteiger partial charge in [0.25, 0.3) is 6.41 Å². The van der Waals surface area contributed by atoms with E-state index >= 15 is 0 Å². The van der Waals surface area contributed by atoms with E-state index in [1.165, 1.54) is 4.90 Å². The number of aliphatic hydroxyl groups is 1. The maximum Gasteiger partial charge on any atom is 0.317 e. The fourth-order valence-electron chi connectivity index (χ4n) is 3.99. The number of aliphatic hydroxyl groups excluding tert-OH is 1. The number of oxazole rings is 1. The standard InChI is InChI=1S/C31H32N2O7/c1-21(29-22(2)39-30(32-29)24-7-5-4-6-8-24)17-18-38-26-11-9-23(10-12-26)19-33(20-28(34)35)31(36)40-27-15-13-25(37-3)14-16-27/h4-17,31,36H,18-20H2,1-3H3,(H,34,35)/b21-17+. The van der Waals surface area contributed by atoms with E-state index in [4.69, 9.17) is 18.6 Å². The van der Waals surface area contributed by atoms with Crippen LogP contribution in [0.25, 0.3) is 17.0 Å². The predicted octanol–water partition coefficient (Wildman–Crippen LogP) is 5.38. The lowest BCUT2D eigenvalue weighted by atomic mass is 10.2. The fraction of sp³-hybridized carbons (Fsp3) is 0.226. The van der Waals surface area contributed by atoms with E-state index in [1.807, 2.05) is 62.4 Å². The molecule has 1 aromatic heterocycles. The van der Waals surface area contributed by atoms with E-state index < -0.39 is 18.9 Å². The summed E-state index contributed by atoms with van der Waals surface area (Å²) in [6, 6.07) is 23.6. The van der Waals surface area contributed by atoms with Crippen molar-refractivity contribution in [3.05, 3.63) is 102 Å². The predicted molar refractivity (Wildman–Crippen MR) is 150 cm³/mol. The molecule has 208 valence electrons. The fourth-order valence-corrected chi connectivity index (χ4v) is 3.99. The minimum absolute atomic E-state index is 0.151. The van der Waals surface area contributed by atoms with Gasteiger partial charge in [0.05, 0.1) is 7.11 Å². The maximum absolute atomic E-state index is 11.4. The Bertz CT molecular complexity index is 1410. The molecule has 4 rings (SSSR count). The molecule has 0 aliphatic heterocycles. The number of aryl methyl sites for hydroxylation is 1.